The molecule has 8 nitrogen and oxygen atoms in total. The van der Waals surface area contributed by atoms with E-state index in [1.54, 1.807) is 18.2 Å². The number of nitrogens with one attached hydrogen (secondary N) is 1. The summed E-state index contributed by atoms with van der Waals surface area (Å²) in [5, 5.41) is 7.40. The van der Waals surface area contributed by atoms with Gasteiger partial charge in [-0.25, -0.2) is 9.97 Å². The van der Waals surface area contributed by atoms with Crippen LogP contribution >= 0.6 is 0 Å². The van der Waals surface area contributed by atoms with Crippen molar-refractivity contribution in [2.45, 2.75) is 5.92 Å². The van der Waals surface area contributed by atoms with Crippen LogP contribution in [0, 0.1) is 5.92 Å². The fourth-order valence-electron chi connectivity index (χ4n) is 3.46. The van der Waals surface area contributed by atoms with Crippen LogP contribution in [0.2, 0.25) is 0 Å². The molecule has 1 fully saturated rings. The van der Waals surface area contributed by atoms with Crippen molar-refractivity contribution in [1.82, 2.24) is 30.0 Å². The van der Waals surface area contributed by atoms with Crippen molar-refractivity contribution in [3.8, 4) is 11.4 Å². The maximum atomic E-state index is 12.7. The molecule has 1 aliphatic heterocycles. The maximum absolute atomic E-state index is 12.7. The zero-order valence-electron chi connectivity index (χ0n) is 14.9. The molecular formula is C19H20N6O2. The Bertz CT molecular complexity index is 899. The van der Waals surface area contributed by atoms with Gasteiger partial charge in [0.25, 0.3) is 5.91 Å². The molecule has 1 amide bonds. The van der Waals surface area contributed by atoms with Gasteiger partial charge < -0.3 is 9.64 Å². The van der Waals surface area contributed by atoms with Crippen LogP contribution in [0.5, 0.6) is 0 Å². The number of amides is 1. The van der Waals surface area contributed by atoms with Gasteiger partial charge in [0.1, 0.15) is 11.5 Å². The van der Waals surface area contributed by atoms with Crippen molar-refractivity contribution in [1.29, 1.82) is 0 Å². The predicted molar refractivity (Wildman–Crippen MR) is 97.9 cm³/mol. The van der Waals surface area contributed by atoms with Crippen molar-refractivity contribution in [2.24, 2.45) is 5.92 Å². The topological polar surface area (TPSA) is 96.9 Å². The SMILES string of the molecule is COC[C@@H]1CN(C(=O)c2cnccn2)C[C@H]1c1nc(-c2ccccc2)n[nH]1. The van der Waals surface area contributed by atoms with Crippen molar-refractivity contribution < 1.29 is 9.53 Å². The van der Waals surface area contributed by atoms with Crippen LogP contribution in [-0.4, -0.2) is 62.8 Å². The number of H-pyrrole nitrogens is 1. The first kappa shape index (κ1) is 17.3. The van der Waals surface area contributed by atoms with Crippen LogP contribution in [0.4, 0.5) is 0 Å². The molecule has 0 spiro atoms. The number of aromatic amines is 1. The maximum Gasteiger partial charge on any atom is 0.274 e. The summed E-state index contributed by atoms with van der Waals surface area (Å²) in [4.78, 5) is 27.3. The van der Waals surface area contributed by atoms with Gasteiger partial charge in [0.05, 0.1) is 12.8 Å². The molecule has 27 heavy (non-hydrogen) atoms. The van der Waals surface area contributed by atoms with Crippen molar-refractivity contribution in [2.75, 3.05) is 26.8 Å². The Kier molecular flexibility index (Phi) is 4.88. The number of hydrogen-bond donors (Lipinski definition) is 1. The lowest BCUT2D eigenvalue weighted by molar-refractivity contribution is 0.0769. The van der Waals surface area contributed by atoms with Gasteiger partial charge in [0.2, 0.25) is 0 Å². The van der Waals surface area contributed by atoms with E-state index in [1.807, 2.05) is 30.3 Å². The molecular weight excluding hydrogens is 344 g/mol. The largest absolute Gasteiger partial charge is 0.384 e. The number of carbonyl (C=O) groups is 1. The van der Waals surface area contributed by atoms with E-state index in [2.05, 4.69) is 25.1 Å². The first-order valence-electron chi connectivity index (χ1n) is 8.78. The lowest BCUT2D eigenvalue weighted by Crippen LogP contribution is -2.30. The quantitative estimate of drug-likeness (QED) is 0.741. The summed E-state index contributed by atoms with van der Waals surface area (Å²) in [6, 6.07) is 9.81. The smallest absolute Gasteiger partial charge is 0.274 e. The van der Waals surface area contributed by atoms with E-state index in [0.29, 0.717) is 31.2 Å². The molecule has 0 unspecified atom stereocenters. The summed E-state index contributed by atoms with van der Waals surface area (Å²) in [6.07, 6.45) is 4.57. The van der Waals surface area contributed by atoms with Crippen LogP contribution in [0.25, 0.3) is 11.4 Å². The van der Waals surface area contributed by atoms with Crippen LogP contribution in [0.3, 0.4) is 0 Å². The molecule has 1 aromatic carbocycles. The lowest BCUT2D eigenvalue weighted by atomic mass is 9.96. The number of nitrogens with zero attached hydrogens (tertiary/aromatic N) is 5. The first-order valence-corrected chi connectivity index (χ1v) is 8.78. The van der Waals surface area contributed by atoms with E-state index in [9.17, 15) is 4.79 Å². The molecule has 3 heterocycles. The molecule has 138 valence electrons. The minimum absolute atomic E-state index is 0.0236. The predicted octanol–water partition coefficient (Wildman–Crippen LogP) is 1.76. The molecule has 4 rings (SSSR count). The average Bonchev–Trinajstić information content (AvgIpc) is 3.36. The highest BCUT2D eigenvalue weighted by atomic mass is 16.5. The van der Waals surface area contributed by atoms with Gasteiger partial charge in [0, 0.05) is 50.0 Å². The summed E-state index contributed by atoms with van der Waals surface area (Å²) in [6.45, 7) is 1.65. The molecule has 2 atom stereocenters. The van der Waals surface area contributed by atoms with Crippen LogP contribution < -0.4 is 0 Å². The molecule has 0 aliphatic carbocycles. The second kappa shape index (κ2) is 7.63. The average molecular weight is 364 g/mol. The number of likely N-dealkylation sites (tertiary alicyclic amines) is 1. The molecule has 0 saturated carbocycles. The van der Waals surface area contributed by atoms with E-state index in [1.165, 1.54) is 12.4 Å². The highest BCUT2D eigenvalue weighted by molar-refractivity contribution is 5.92. The van der Waals surface area contributed by atoms with Crippen molar-refractivity contribution in [3.63, 3.8) is 0 Å². The monoisotopic (exact) mass is 364 g/mol. The number of carbonyl (C=O) groups excluding carboxylic acids is 1. The third kappa shape index (κ3) is 3.56. The Morgan fingerprint density at radius 3 is 2.85 bits per heavy atom. The Labute approximate surface area is 156 Å². The standard InChI is InChI=1S/C19H20N6O2/c1-27-12-14-10-25(19(26)16-9-20-7-8-21-16)11-15(14)18-22-17(23-24-18)13-5-3-2-4-6-13/h2-9,14-15H,10-12H2,1H3,(H,22,23,24)/t14-,15+/m0/s1. The third-order valence-electron chi connectivity index (χ3n) is 4.78. The zero-order chi connectivity index (χ0) is 18.6. The second-order valence-corrected chi connectivity index (χ2v) is 6.53. The fourth-order valence-corrected chi connectivity index (χ4v) is 3.46. The van der Waals surface area contributed by atoms with Gasteiger partial charge in [-0.2, -0.15) is 5.10 Å². The van der Waals surface area contributed by atoms with Crippen molar-refractivity contribution >= 4 is 5.91 Å². The molecule has 0 bridgehead atoms. The fraction of sp³-hybridized carbons (Fsp3) is 0.316. The molecule has 1 saturated heterocycles. The highest BCUT2D eigenvalue weighted by Crippen LogP contribution is 2.32. The Balaban J connectivity index is 1.56. The molecule has 2 aromatic heterocycles. The van der Waals surface area contributed by atoms with E-state index in [4.69, 9.17) is 4.74 Å². The van der Waals surface area contributed by atoms with E-state index in [-0.39, 0.29) is 17.7 Å². The normalized spacial score (nSPS) is 19.4. The van der Waals surface area contributed by atoms with Gasteiger partial charge in [-0.1, -0.05) is 30.3 Å². The summed E-state index contributed by atoms with van der Waals surface area (Å²) in [5.41, 5.74) is 1.30. The summed E-state index contributed by atoms with van der Waals surface area (Å²) >= 11 is 0. The van der Waals surface area contributed by atoms with E-state index < -0.39 is 0 Å². The summed E-state index contributed by atoms with van der Waals surface area (Å²) in [7, 11) is 1.67. The Hall–Kier alpha value is -3.13. The number of hydrogen-bond acceptors (Lipinski definition) is 6. The van der Waals surface area contributed by atoms with Gasteiger partial charge >= 0.3 is 0 Å². The second-order valence-electron chi connectivity index (χ2n) is 6.53. The number of methoxy groups -OCH3 is 1. The van der Waals surface area contributed by atoms with Gasteiger partial charge in [0.15, 0.2) is 5.82 Å². The van der Waals surface area contributed by atoms with Crippen LogP contribution in [-0.2, 0) is 4.74 Å². The van der Waals surface area contributed by atoms with Crippen molar-refractivity contribution in [3.05, 3.63) is 60.4 Å². The highest BCUT2D eigenvalue weighted by Gasteiger charge is 2.38. The zero-order valence-corrected chi connectivity index (χ0v) is 14.9. The third-order valence-corrected chi connectivity index (χ3v) is 4.78. The number of aromatic nitrogens is 5. The number of rotatable bonds is 5. The van der Waals surface area contributed by atoms with Gasteiger partial charge in [-0.15, -0.1) is 0 Å². The Morgan fingerprint density at radius 2 is 2.11 bits per heavy atom. The van der Waals surface area contributed by atoms with Gasteiger partial charge in [-0.3, -0.25) is 14.9 Å². The summed E-state index contributed by atoms with van der Waals surface area (Å²) < 4.78 is 5.37. The van der Waals surface area contributed by atoms with Gasteiger partial charge in [-0.05, 0) is 0 Å². The molecule has 1 N–H and O–H groups in total. The van der Waals surface area contributed by atoms with Crippen LogP contribution in [0.1, 0.15) is 22.2 Å². The summed E-state index contributed by atoms with van der Waals surface area (Å²) in [5.74, 6) is 1.45. The molecule has 3 aromatic rings. The van der Waals surface area contributed by atoms with E-state index in [0.717, 1.165) is 11.4 Å². The Morgan fingerprint density at radius 1 is 1.26 bits per heavy atom. The lowest BCUT2D eigenvalue weighted by Gasteiger charge is -2.15. The minimum atomic E-state index is -0.130. The first-order chi connectivity index (χ1) is 13.3. The minimum Gasteiger partial charge on any atom is -0.384 e. The molecule has 8 heteroatoms. The molecule has 1 aliphatic rings. The van der Waals surface area contributed by atoms with E-state index >= 15 is 0 Å². The van der Waals surface area contributed by atoms with Crippen LogP contribution in [0.15, 0.2) is 48.9 Å². The number of ether oxygens (including phenoxy) is 1. The number of benzene rings is 1. The molecule has 0 radical (unpaired) electrons.